The van der Waals surface area contributed by atoms with Crippen LogP contribution in [0.3, 0.4) is 0 Å². The molecule has 2 aromatic rings. The van der Waals surface area contributed by atoms with Crippen LogP contribution in [0.2, 0.25) is 0 Å². The minimum Gasteiger partial charge on any atom is -0.465 e. The zero-order chi connectivity index (χ0) is 20.1. The Hall–Kier alpha value is -3.19. The van der Waals surface area contributed by atoms with Gasteiger partial charge >= 0.3 is 5.97 Å². The maximum absolute atomic E-state index is 13.2. The Labute approximate surface area is 163 Å². The summed E-state index contributed by atoms with van der Waals surface area (Å²) in [6.45, 7) is 0.354. The Kier molecular flexibility index (Phi) is 6.06. The molecule has 146 valence electrons. The van der Waals surface area contributed by atoms with E-state index in [9.17, 15) is 14.4 Å². The second-order valence-corrected chi connectivity index (χ2v) is 6.44. The minimum atomic E-state index is -0.780. The van der Waals surface area contributed by atoms with E-state index in [2.05, 4.69) is 0 Å². The van der Waals surface area contributed by atoms with E-state index >= 15 is 0 Å². The third-order valence-electron chi connectivity index (χ3n) is 4.68. The van der Waals surface area contributed by atoms with Crippen LogP contribution in [0.5, 0.6) is 0 Å². The number of hydrogen-bond donors (Lipinski definition) is 0. The summed E-state index contributed by atoms with van der Waals surface area (Å²) in [5.74, 6) is -1.11. The van der Waals surface area contributed by atoms with Crippen LogP contribution in [0, 0.1) is 0 Å². The first-order valence-electron chi connectivity index (χ1n) is 8.89. The standard InChI is InChI=1S/C21H22N2O5/c1-22(17-11-7-6-10-16(17)21(26)27-2)20(25)18-13-28-14-19(24)23(18)12-15-8-4-3-5-9-15/h3-11,18H,12-14H2,1-2H3/t18-/m1/s1. The van der Waals surface area contributed by atoms with E-state index < -0.39 is 12.0 Å². The summed E-state index contributed by atoms with van der Waals surface area (Å²) < 4.78 is 10.1. The average molecular weight is 382 g/mol. The van der Waals surface area contributed by atoms with Crippen molar-refractivity contribution in [3.63, 3.8) is 0 Å². The number of methoxy groups -OCH3 is 1. The lowest BCUT2D eigenvalue weighted by atomic mass is 10.1. The van der Waals surface area contributed by atoms with Gasteiger partial charge in [0.2, 0.25) is 5.91 Å². The molecule has 1 heterocycles. The molecule has 0 unspecified atom stereocenters. The molecule has 1 saturated heterocycles. The van der Waals surface area contributed by atoms with Crippen LogP contribution in [-0.2, 0) is 25.6 Å². The number of likely N-dealkylation sites (N-methyl/N-ethyl adjacent to an activating group) is 1. The van der Waals surface area contributed by atoms with Crippen LogP contribution in [0.4, 0.5) is 5.69 Å². The van der Waals surface area contributed by atoms with Gasteiger partial charge in [-0.25, -0.2) is 4.79 Å². The predicted molar refractivity (Wildman–Crippen MR) is 103 cm³/mol. The van der Waals surface area contributed by atoms with Crippen molar-refractivity contribution in [3.05, 3.63) is 65.7 Å². The number of morpholine rings is 1. The van der Waals surface area contributed by atoms with Crippen molar-refractivity contribution in [2.45, 2.75) is 12.6 Å². The highest BCUT2D eigenvalue weighted by atomic mass is 16.5. The normalized spacial score (nSPS) is 16.6. The van der Waals surface area contributed by atoms with E-state index in [1.54, 1.807) is 31.3 Å². The molecule has 28 heavy (non-hydrogen) atoms. The SMILES string of the molecule is COC(=O)c1ccccc1N(C)C(=O)[C@H]1COCC(=O)N1Cc1ccccc1. The summed E-state index contributed by atoms with van der Waals surface area (Å²) in [5.41, 5.74) is 1.61. The van der Waals surface area contributed by atoms with Crippen molar-refractivity contribution in [3.8, 4) is 0 Å². The van der Waals surface area contributed by atoms with Crippen LogP contribution in [0.15, 0.2) is 54.6 Å². The zero-order valence-corrected chi connectivity index (χ0v) is 15.8. The summed E-state index contributed by atoms with van der Waals surface area (Å²) in [4.78, 5) is 40.6. The van der Waals surface area contributed by atoms with Crippen LogP contribution in [-0.4, -0.2) is 56.1 Å². The van der Waals surface area contributed by atoms with Crippen molar-refractivity contribution < 1.29 is 23.9 Å². The molecule has 0 saturated carbocycles. The van der Waals surface area contributed by atoms with Gasteiger partial charge in [0.15, 0.2) is 0 Å². The maximum Gasteiger partial charge on any atom is 0.339 e. The van der Waals surface area contributed by atoms with Crippen LogP contribution >= 0.6 is 0 Å². The van der Waals surface area contributed by atoms with E-state index in [4.69, 9.17) is 9.47 Å². The van der Waals surface area contributed by atoms with Gasteiger partial charge in [-0.15, -0.1) is 0 Å². The fraction of sp³-hybridized carbons (Fsp3) is 0.286. The first-order chi connectivity index (χ1) is 13.5. The molecule has 1 atom stereocenters. The molecule has 1 aliphatic heterocycles. The number of nitrogens with zero attached hydrogens (tertiary/aromatic N) is 2. The van der Waals surface area contributed by atoms with Gasteiger partial charge in [0.05, 0.1) is 25.0 Å². The molecule has 0 bridgehead atoms. The number of esters is 1. The number of carbonyl (C=O) groups is 3. The molecule has 1 fully saturated rings. The monoisotopic (exact) mass is 382 g/mol. The Balaban J connectivity index is 1.87. The van der Waals surface area contributed by atoms with Crippen molar-refractivity contribution >= 4 is 23.5 Å². The summed E-state index contributed by atoms with van der Waals surface area (Å²) in [6.07, 6.45) is 0. The Morgan fingerprint density at radius 2 is 1.82 bits per heavy atom. The fourth-order valence-electron chi connectivity index (χ4n) is 3.18. The molecule has 3 rings (SSSR count). The van der Waals surface area contributed by atoms with E-state index in [0.29, 0.717) is 12.2 Å². The number of para-hydroxylation sites is 1. The van der Waals surface area contributed by atoms with Gasteiger partial charge in [0.1, 0.15) is 12.6 Å². The molecule has 0 radical (unpaired) electrons. The lowest BCUT2D eigenvalue weighted by molar-refractivity contribution is -0.154. The van der Waals surface area contributed by atoms with Crippen molar-refractivity contribution in [2.75, 3.05) is 32.3 Å². The van der Waals surface area contributed by atoms with E-state index in [0.717, 1.165) is 5.56 Å². The summed E-state index contributed by atoms with van der Waals surface area (Å²) in [5, 5.41) is 0. The molecular formula is C21H22N2O5. The number of benzene rings is 2. The molecule has 0 aromatic heterocycles. The highest BCUT2D eigenvalue weighted by molar-refractivity contribution is 6.05. The highest BCUT2D eigenvalue weighted by Gasteiger charge is 2.36. The number of amides is 2. The van der Waals surface area contributed by atoms with Crippen LogP contribution in [0.1, 0.15) is 15.9 Å². The minimum absolute atomic E-state index is 0.0565. The first kappa shape index (κ1) is 19.6. The van der Waals surface area contributed by atoms with Gasteiger partial charge in [-0.2, -0.15) is 0 Å². The molecule has 7 heteroatoms. The van der Waals surface area contributed by atoms with Gasteiger partial charge in [-0.1, -0.05) is 42.5 Å². The van der Waals surface area contributed by atoms with Gasteiger partial charge in [-0.3, -0.25) is 9.59 Å². The van der Waals surface area contributed by atoms with Crippen molar-refractivity contribution in [2.24, 2.45) is 0 Å². The van der Waals surface area contributed by atoms with Gasteiger partial charge in [0, 0.05) is 13.6 Å². The molecule has 0 N–H and O–H groups in total. The van der Waals surface area contributed by atoms with E-state index in [1.165, 1.54) is 16.9 Å². The predicted octanol–water partition coefficient (Wildman–Crippen LogP) is 1.86. The van der Waals surface area contributed by atoms with E-state index in [1.807, 2.05) is 30.3 Å². The summed E-state index contributed by atoms with van der Waals surface area (Å²) in [7, 11) is 2.86. The topological polar surface area (TPSA) is 76.1 Å². The second-order valence-electron chi connectivity index (χ2n) is 6.44. The number of ether oxygens (including phenoxy) is 2. The maximum atomic E-state index is 13.2. The Morgan fingerprint density at radius 1 is 1.14 bits per heavy atom. The first-order valence-corrected chi connectivity index (χ1v) is 8.89. The zero-order valence-electron chi connectivity index (χ0n) is 15.8. The van der Waals surface area contributed by atoms with Gasteiger partial charge in [0.25, 0.3) is 5.91 Å². The van der Waals surface area contributed by atoms with E-state index in [-0.39, 0.29) is 30.6 Å². The Bertz CT molecular complexity index is 868. The number of anilines is 1. The third-order valence-corrected chi connectivity index (χ3v) is 4.68. The molecule has 0 aliphatic carbocycles. The molecule has 0 spiro atoms. The lowest BCUT2D eigenvalue weighted by Crippen LogP contribution is -2.56. The number of carbonyl (C=O) groups excluding carboxylic acids is 3. The highest BCUT2D eigenvalue weighted by Crippen LogP contribution is 2.23. The van der Waals surface area contributed by atoms with Crippen LogP contribution < -0.4 is 4.90 Å². The largest absolute Gasteiger partial charge is 0.465 e. The molecule has 1 aliphatic rings. The van der Waals surface area contributed by atoms with Gasteiger partial charge in [-0.05, 0) is 17.7 Å². The fourth-order valence-corrected chi connectivity index (χ4v) is 3.18. The van der Waals surface area contributed by atoms with Crippen molar-refractivity contribution in [1.82, 2.24) is 4.90 Å². The molecule has 7 nitrogen and oxygen atoms in total. The molecule has 2 aromatic carbocycles. The quantitative estimate of drug-likeness (QED) is 0.738. The van der Waals surface area contributed by atoms with Crippen molar-refractivity contribution in [1.29, 1.82) is 0 Å². The third kappa shape index (κ3) is 4.04. The smallest absolute Gasteiger partial charge is 0.339 e. The van der Waals surface area contributed by atoms with Crippen LogP contribution in [0.25, 0.3) is 0 Å². The Morgan fingerprint density at radius 3 is 2.54 bits per heavy atom. The lowest BCUT2D eigenvalue weighted by Gasteiger charge is -2.36. The average Bonchev–Trinajstić information content (AvgIpc) is 2.74. The van der Waals surface area contributed by atoms with Gasteiger partial charge < -0.3 is 19.3 Å². The summed E-state index contributed by atoms with van der Waals surface area (Å²) in [6, 6.07) is 15.4. The number of rotatable bonds is 5. The molecular weight excluding hydrogens is 360 g/mol. The summed E-state index contributed by atoms with van der Waals surface area (Å²) >= 11 is 0. The molecule has 2 amide bonds. The number of hydrogen-bond acceptors (Lipinski definition) is 5. The second kappa shape index (κ2) is 8.67.